The van der Waals surface area contributed by atoms with E-state index in [1.807, 2.05) is 24.3 Å². The summed E-state index contributed by atoms with van der Waals surface area (Å²) in [5.41, 5.74) is 7.74. The van der Waals surface area contributed by atoms with Gasteiger partial charge in [-0.25, -0.2) is 0 Å². The lowest BCUT2D eigenvalue weighted by molar-refractivity contribution is -0.126. The number of rotatable bonds is 5. The molecule has 1 aliphatic rings. The molecule has 0 saturated carbocycles. The van der Waals surface area contributed by atoms with Crippen LogP contribution in [0, 0.1) is 5.92 Å². The highest BCUT2D eigenvalue weighted by Crippen LogP contribution is 2.46. The van der Waals surface area contributed by atoms with Crippen LogP contribution in [0.3, 0.4) is 0 Å². The molecule has 0 aliphatic carbocycles. The number of hydrogen-bond donors (Lipinski definition) is 2. The first-order valence-corrected chi connectivity index (χ1v) is 8.81. The van der Waals surface area contributed by atoms with E-state index in [0.29, 0.717) is 0 Å². The summed E-state index contributed by atoms with van der Waals surface area (Å²) in [5, 5.41) is 3.50. The predicted molar refractivity (Wildman–Crippen MR) is 97.8 cm³/mol. The summed E-state index contributed by atoms with van der Waals surface area (Å²) in [5.74, 6) is 0.280. The second kappa shape index (κ2) is 7.18. The fourth-order valence-electron chi connectivity index (χ4n) is 4.41. The Morgan fingerprint density at radius 2 is 1.75 bits per heavy atom. The van der Waals surface area contributed by atoms with Crippen molar-refractivity contribution in [2.75, 3.05) is 13.1 Å². The number of amides is 1. The van der Waals surface area contributed by atoms with Crippen molar-refractivity contribution in [1.29, 1.82) is 0 Å². The number of piperidine rings is 1. The van der Waals surface area contributed by atoms with E-state index in [2.05, 4.69) is 48.6 Å². The van der Waals surface area contributed by atoms with Crippen molar-refractivity contribution in [3.05, 3.63) is 71.8 Å². The van der Waals surface area contributed by atoms with Crippen molar-refractivity contribution < 1.29 is 4.79 Å². The fourth-order valence-corrected chi connectivity index (χ4v) is 4.41. The quantitative estimate of drug-likeness (QED) is 0.888. The molecule has 1 amide bonds. The molecule has 3 atom stereocenters. The first-order valence-electron chi connectivity index (χ1n) is 8.81. The molecule has 0 aromatic heterocycles. The van der Waals surface area contributed by atoms with Crippen LogP contribution in [0.5, 0.6) is 0 Å². The van der Waals surface area contributed by atoms with Crippen molar-refractivity contribution in [2.24, 2.45) is 11.7 Å². The molecule has 1 saturated heterocycles. The molecule has 3 rings (SSSR count). The van der Waals surface area contributed by atoms with Gasteiger partial charge in [0.25, 0.3) is 0 Å². The van der Waals surface area contributed by atoms with Gasteiger partial charge < -0.3 is 11.1 Å². The molecule has 0 radical (unpaired) electrons. The molecule has 2 aromatic carbocycles. The van der Waals surface area contributed by atoms with E-state index in [-0.39, 0.29) is 17.7 Å². The number of carbonyl (C=O) groups is 1. The maximum absolute atomic E-state index is 12.7. The Morgan fingerprint density at radius 3 is 2.33 bits per heavy atom. The highest BCUT2D eigenvalue weighted by atomic mass is 16.1. The summed E-state index contributed by atoms with van der Waals surface area (Å²) in [6.45, 7) is 3.90. The van der Waals surface area contributed by atoms with Gasteiger partial charge in [-0.2, -0.15) is 0 Å². The number of carbonyl (C=O) groups excluding carboxylic acids is 1. The van der Waals surface area contributed by atoms with Gasteiger partial charge in [0.2, 0.25) is 5.91 Å². The highest BCUT2D eigenvalue weighted by molar-refractivity contribution is 5.87. The molecule has 3 unspecified atom stereocenters. The van der Waals surface area contributed by atoms with Crippen LogP contribution in [-0.2, 0) is 10.2 Å². The van der Waals surface area contributed by atoms with Crippen molar-refractivity contribution in [2.45, 2.75) is 31.1 Å². The maximum Gasteiger partial charge on any atom is 0.228 e. The van der Waals surface area contributed by atoms with Gasteiger partial charge in [0.1, 0.15) is 0 Å². The molecular formula is C21H26N2O. The van der Waals surface area contributed by atoms with E-state index >= 15 is 0 Å². The monoisotopic (exact) mass is 322 g/mol. The van der Waals surface area contributed by atoms with Gasteiger partial charge in [0.05, 0.1) is 5.41 Å². The Morgan fingerprint density at radius 1 is 1.12 bits per heavy atom. The lowest BCUT2D eigenvalue weighted by atomic mass is 9.60. The SMILES string of the molecule is CCC(C(N)=O)(c1ccccc1)C1CCNCC1c1ccccc1. The molecule has 1 aliphatic heterocycles. The standard InChI is InChI=1S/C21H26N2O/c1-2-21(20(22)24,17-11-7-4-8-12-17)19-13-14-23-15-18(19)16-9-5-3-6-10-16/h3-12,18-19,23H,2,13-15H2,1H3,(H2,22,24). The van der Waals surface area contributed by atoms with E-state index in [0.717, 1.165) is 31.5 Å². The van der Waals surface area contributed by atoms with Crippen LogP contribution in [0.1, 0.15) is 36.8 Å². The zero-order valence-corrected chi connectivity index (χ0v) is 14.2. The maximum atomic E-state index is 12.7. The molecular weight excluding hydrogens is 296 g/mol. The van der Waals surface area contributed by atoms with Crippen molar-refractivity contribution in [3.63, 3.8) is 0 Å². The Bertz CT molecular complexity index is 671. The van der Waals surface area contributed by atoms with Crippen LogP contribution in [0.15, 0.2) is 60.7 Å². The van der Waals surface area contributed by atoms with E-state index in [1.165, 1.54) is 5.56 Å². The van der Waals surface area contributed by atoms with Crippen LogP contribution in [0.4, 0.5) is 0 Å². The zero-order chi connectivity index (χ0) is 17.0. The average molecular weight is 322 g/mol. The Hall–Kier alpha value is -2.13. The largest absolute Gasteiger partial charge is 0.369 e. The summed E-state index contributed by atoms with van der Waals surface area (Å²) in [7, 11) is 0. The van der Waals surface area contributed by atoms with Crippen molar-refractivity contribution >= 4 is 5.91 Å². The van der Waals surface area contributed by atoms with Crippen LogP contribution in [0.25, 0.3) is 0 Å². The third-order valence-electron chi connectivity index (χ3n) is 5.63. The Balaban J connectivity index is 2.10. The summed E-state index contributed by atoms with van der Waals surface area (Å²) < 4.78 is 0. The van der Waals surface area contributed by atoms with Crippen molar-refractivity contribution in [3.8, 4) is 0 Å². The predicted octanol–water partition coefficient (Wildman–Crippen LogP) is 3.21. The molecule has 0 bridgehead atoms. The molecule has 1 fully saturated rings. The van der Waals surface area contributed by atoms with Gasteiger partial charge in [0, 0.05) is 12.5 Å². The molecule has 126 valence electrons. The molecule has 3 heteroatoms. The normalized spacial score (nSPS) is 23.4. The van der Waals surface area contributed by atoms with Gasteiger partial charge in [-0.1, -0.05) is 67.6 Å². The van der Waals surface area contributed by atoms with E-state index in [4.69, 9.17) is 5.73 Å². The van der Waals surface area contributed by atoms with Gasteiger partial charge in [-0.15, -0.1) is 0 Å². The topological polar surface area (TPSA) is 55.1 Å². The summed E-state index contributed by atoms with van der Waals surface area (Å²) in [6, 6.07) is 20.6. The third kappa shape index (κ3) is 2.84. The molecule has 0 spiro atoms. The van der Waals surface area contributed by atoms with Crippen LogP contribution in [0.2, 0.25) is 0 Å². The van der Waals surface area contributed by atoms with Crippen LogP contribution < -0.4 is 11.1 Å². The van der Waals surface area contributed by atoms with Crippen molar-refractivity contribution in [1.82, 2.24) is 5.32 Å². The Kier molecular flexibility index (Phi) is 5.00. The molecule has 3 N–H and O–H groups in total. The minimum atomic E-state index is -0.621. The summed E-state index contributed by atoms with van der Waals surface area (Å²) in [6.07, 6.45) is 1.67. The number of primary amides is 1. The smallest absolute Gasteiger partial charge is 0.228 e. The molecule has 2 aromatic rings. The van der Waals surface area contributed by atoms with E-state index in [1.54, 1.807) is 0 Å². The van der Waals surface area contributed by atoms with E-state index in [9.17, 15) is 4.79 Å². The molecule has 1 heterocycles. The number of nitrogens with one attached hydrogen (secondary N) is 1. The lowest BCUT2D eigenvalue weighted by Gasteiger charge is -2.45. The molecule has 24 heavy (non-hydrogen) atoms. The first kappa shape index (κ1) is 16.7. The van der Waals surface area contributed by atoms with E-state index < -0.39 is 5.41 Å². The minimum absolute atomic E-state index is 0.200. The molecule has 3 nitrogen and oxygen atoms in total. The second-order valence-corrected chi connectivity index (χ2v) is 6.67. The summed E-state index contributed by atoms with van der Waals surface area (Å²) >= 11 is 0. The van der Waals surface area contributed by atoms with Gasteiger partial charge in [0.15, 0.2) is 0 Å². The third-order valence-corrected chi connectivity index (χ3v) is 5.63. The number of nitrogens with two attached hydrogens (primary N) is 1. The van der Waals surface area contributed by atoms with Gasteiger partial charge in [-0.05, 0) is 36.4 Å². The lowest BCUT2D eigenvalue weighted by Crippen LogP contribution is -2.53. The second-order valence-electron chi connectivity index (χ2n) is 6.67. The summed E-state index contributed by atoms with van der Waals surface area (Å²) in [4.78, 5) is 12.7. The van der Waals surface area contributed by atoms with Gasteiger partial charge in [-0.3, -0.25) is 4.79 Å². The first-order chi connectivity index (χ1) is 11.7. The highest BCUT2D eigenvalue weighted by Gasteiger charge is 2.48. The zero-order valence-electron chi connectivity index (χ0n) is 14.2. The number of benzene rings is 2. The van der Waals surface area contributed by atoms with Crippen LogP contribution in [-0.4, -0.2) is 19.0 Å². The fraction of sp³-hybridized carbons (Fsp3) is 0.381. The number of hydrogen-bond acceptors (Lipinski definition) is 2. The average Bonchev–Trinajstić information content (AvgIpc) is 2.65. The van der Waals surface area contributed by atoms with Gasteiger partial charge >= 0.3 is 0 Å². The minimum Gasteiger partial charge on any atom is -0.369 e. The van der Waals surface area contributed by atoms with Crippen LogP contribution >= 0.6 is 0 Å². The Labute approximate surface area is 144 Å².